The summed E-state index contributed by atoms with van der Waals surface area (Å²) in [4.78, 5) is 23.0. The van der Waals surface area contributed by atoms with E-state index in [-0.39, 0.29) is 37.3 Å². The first-order chi connectivity index (χ1) is 12.2. The van der Waals surface area contributed by atoms with Crippen LogP contribution in [-0.4, -0.2) is 48.3 Å². The van der Waals surface area contributed by atoms with Gasteiger partial charge >= 0.3 is 0 Å². The van der Waals surface area contributed by atoms with Crippen molar-refractivity contribution in [2.45, 2.75) is 51.8 Å². The van der Waals surface area contributed by atoms with Crippen LogP contribution in [0.15, 0.2) is 18.2 Å². The minimum absolute atomic E-state index is 0.0506. The van der Waals surface area contributed by atoms with Gasteiger partial charge < -0.3 is 20.5 Å². The van der Waals surface area contributed by atoms with Gasteiger partial charge in [0.1, 0.15) is 18.2 Å². The van der Waals surface area contributed by atoms with Crippen LogP contribution < -0.4 is 10.6 Å². The third-order valence-electron chi connectivity index (χ3n) is 3.67. The molecule has 0 bridgehead atoms. The third-order valence-corrected chi connectivity index (χ3v) is 3.67. The van der Waals surface area contributed by atoms with Crippen molar-refractivity contribution in [1.29, 1.82) is 0 Å². The second-order valence-corrected chi connectivity index (χ2v) is 6.20. The second-order valence-electron chi connectivity index (χ2n) is 6.20. The number of carbonyl (C=O) groups is 2. The highest BCUT2D eigenvalue weighted by molar-refractivity contribution is 5.77. The van der Waals surface area contributed by atoms with Gasteiger partial charge in [-0.05, 0) is 44.4 Å². The minimum Gasteiger partial charge on any atom is -0.391 e. The van der Waals surface area contributed by atoms with E-state index in [1.165, 1.54) is 6.92 Å². The molecule has 0 saturated carbocycles. The summed E-state index contributed by atoms with van der Waals surface area (Å²) in [6.45, 7) is 5.11. The molecule has 0 fully saturated rings. The van der Waals surface area contributed by atoms with Gasteiger partial charge in [-0.2, -0.15) is 0 Å². The van der Waals surface area contributed by atoms with E-state index in [1.54, 1.807) is 13.8 Å². The van der Waals surface area contributed by atoms with Crippen molar-refractivity contribution < 1.29 is 28.2 Å². The number of hydrogen-bond acceptors (Lipinski definition) is 4. The summed E-state index contributed by atoms with van der Waals surface area (Å²) >= 11 is 0. The molecule has 3 atom stereocenters. The molecule has 6 nitrogen and oxygen atoms in total. The van der Waals surface area contributed by atoms with Crippen molar-refractivity contribution in [3.63, 3.8) is 0 Å². The van der Waals surface area contributed by atoms with Crippen LogP contribution in [0.3, 0.4) is 0 Å². The molecule has 2 unspecified atom stereocenters. The Morgan fingerprint density at radius 2 is 1.81 bits per heavy atom. The highest BCUT2D eigenvalue weighted by atomic mass is 19.1. The van der Waals surface area contributed by atoms with Gasteiger partial charge in [-0.3, -0.25) is 9.59 Å². The topological polar surface area (TPSA) is 87.7 Å². The first-order valence-corrected chi connectivity index (χ1v) is 8.48. The Hall–Kier alpha value is -2.06. The van der Waals surface area contributed by atoms with Crippen molar-refractivity contribution in [1.82, 2.24) is 10.6 Å². The number of amides is 2. The molecule has 0 spiro atoms. The van der Waals surface area contributed by atoms with Crippen LogP contribution >= 0.6 is 0 Å². The monoisotopic (exact) mass is 372 g/mol. The highest BCUT2D eigenvalue weighted by Gasteiger charge is 2.24. The molecular weight excluding hydrogens is 346 g/mol. The van der Waals surface area contributed by atoms with E-state index in [4.69, 9.17) is 4.74 Å². The average Bonchev–Trinajstić information content (AvgIpc) is 2.50. The maximum Gasteiger partial charge on any atom is 0.246 e. The Balaban J connectivity index is 2.71. The van der Waals surface area contributed by atoms with E-state index in [2.05, 4.69) is 10.6 Å². The van der Waals surface area contributed by atoms with E-state index >= 15 is 0 Å². The van der Waals surface area contributed by atoms with Crippen molar-refractivity contribution in [2.75, 3.05) is 13.2 Å². The quantitative estimate of drug-likeness (QED) is 0.578. The SMILES string of the molecule is CCOCC(=O)NC(C)C[C@H](O)C(Cc1cc(F)cc(F)c1)NC(C)=O. The molecule has 3 N–H and O–H groups in total. The largest absolute Gasteiger partial charge is 0.391 e. The number of benzene rings is 1. The second kappa shape index (κ2) is 10.8. The zero-order chi connectivity index (χ0) is 19.7. The number of ether oxygens (including phenoxy) is 1. The van der Waals surface area contributed by atoms with Gasteiger partial charge in [-0.25, -0.2) is 8.78 Å². The van der Waals surface area contributed by atoms with E-state index < -0.39 is 23.8 Å². The Morgan fingerprint density at radius 1 is 1.19 bits per heavy atom. The maximum atomic E-state index is 13.3. The summed E-state index contributed by atoms with van der Waals surface area (Å²) in [6.07, 6.45) is -0.817. The summed E-state index contributed by atoms with van der Waals surface area (Å²) in [5, 5.41) is 15.7. The van der Waals surface area contributed by atoms with Crippen molar-refractivity contribution in [3.05, 3.63) is 35.4 Å². The molecule has 1 aromatic rings. The van der Waals surface area contributed by atoms with Gasteiger partial charge in [0.15, 0.2) is 0 Å². The van der Waals surface area contributed by atoms with E-state index in [1.807, 2.05) is 0 Å². The molecule has 2 amide bonds. The molecule has 0 aliphatic heterocycles. The smallest absolute Gasteiger partial charge is 0.246 e. The molecule has 1 aromatic carbocycles. The molecule has 0 saturated heterocycles. The van der Waals surface area contributed by atoms with Crippen molar-refractivity contribution in [3.8, 4) is 0 Å². The Kier molecular flexibility index (Phi) is 9.15. The molecule has 0 heterocycles. The lowest BCUT2D eigenvalue weighted by molar-refractivity contribution is -0.126. The number of halogens is 2. The molecule has 0 aliphatic rings. The summed E-state index contributed by atoms with van der Waals surface area (Å²) in [7, 11) is 0. The summed E-state index contributed by atoms with van der Waals surface area (Å²) in [5.74, 6) is -2.14. The highest BCUT2D eigenvalue weighted by Crippen LogP contribution is 2.14. The molecule has 8 heteroatoms. The first kappa shape index (κ1) is 22.0. The fraction of sp³-hybridized carbons (Fsp3) is 0.556. The molecule has 146 valence electrons. The van der Waals surface area contributed by atoms with E-state index in [9.17, 15) is 23.5 Å². The number of aliphatic hydroxyl groups excluding tert-OH is 1. The Labute approximate surface area is 151 Å². The summed E-state index contributed by atoms with van der Waals surface area (Å²) in [6, 6.07) is 1.93. The normalized spacial score (nSPS) is 14.4. The van der Waals surface area contributed by atoms with E-state index in [0.29, 0.717) is 12.2 Å². The first-order valence-electron chi connectivity index (χ1n) is 8.48. The lowest BCUT2D eigenvalue weighted by atomic mass is 9.96. The molecule has 0 aliphatic carbocycles. The molecule has 0 radical (unpaired) electrons. The van der Waals surface area contributed by atoms with Gasteiger partial charge in [0.05, 0.1) is 12.1 Å². The zero-order valence-electron chi connectivity index (χ0n) is 15.2. The van der Waals surface area contributed by atoms with Gasteiger partial charge in [0.2, 0.25) is 11.8 Å². The van der Waals surface area contributed by atoms with Crippen LogP contribution in [0.1, 0.15) is 32.8 Å². The van der Waals surface area contributed by atoms with Crippen molar-refractivity contribution >= 4 is 11.8 Å². The third kappa shape index (κ3) is 8.35. The van der Waals surface area contributed by atoms with Crippen molar-refractivity contribution in [2.24, 2.45) is 0 Å². The maximum absolute atomic E-state index is 13.3. The number of hydrogen-bond donors (Lipinski definition) is 3. The number of carbonyl (C=O) groups excluding carboxylic acids is 2. The zero-order valence-corrected chi connectivity index (χ0v) is 15.2. The number of rotatable bonds is 10. The molecule has 1 rings (SSSR count). The van der Waals surface area contributed by atoms with Crippen LogP contribution in [0, 0.1) is 11.6 Å². The van der Waals surface area contributed by atoms with E-state index in [0.717, 1.165) is 18.2 Å². The van der Waals surface area contributed by atoms with Crippen LogP contribution in [0.5, 0.6) is 0 Å². The van der Waals surface area contributed by atoms with Gasteiger partial charge in [0.25, 0.3) is 0 Å². The van der Waals surface area contributed by atoms with Crippen LogP contribution in [-0.2, 0) is 20.7 Å². The lowest BCUT2D eigenvalue weighted by Gasteiger charge is -2.26. The summed E-state index contributed by atoms with van der Waals surface area (Å²) in [5.41, 5.74) is 0.313. The Bertz CT molecular complexity index is 593. The van der Waals surface area contributed by atoms with Crippen LogP contribution in [0.2, 0.25) is 0 Å². The van der Waals surface area contributed by atoms with Gasteiger partial charge in [-0.15, -0.1) is 0 Å². The lowest BCUT2D eigenvalue weighted by Crippen LogP contribution is -2.47. The van der Waals surface area contributed by atoms with Gasteiger partial charge in [-0.1, -0.05) is 0 Å². The standard InChI is InChI=1S/C18H26F2N2O4/c1-4-26-10-18(25)21-11(2)5-17(24)16(22-12(3)23)8-13-6-14(19)9-15(20)7-13/h6-7,9,11,16-17,24H,4-5,8,10H2,1-3H3,(H,21,25)(H,22,23)/t11?,16?,17-/m0/s1. The predicted octanol–water partition coefficient (Wildman–Crippen LogP) is 1.30. The minimum atomic E-state index is -1.02. The fourth-order valence-corrected chi connectivity index (χ4v) is 2.62. The molecule has 0 aromatic heterocycles. The predicted molar refractivity (Wildman–Crippen MR) is 92.4 cm³/mol. The summed E-state index contributed by atoms with van der Waals surface area (Å²) < 4.78 is 31.7. The number of aliphatic hydroxyl groups is 1. The fourth-order valence-electron chi connectivity index (χ4n) is 2.62. The van der Waals surface area contributed by atoms with Crippen LogP contribution in [0.4, 0.5) is 8.78 Å². The Morgan fingerprint density at radius 3 is 2.35 bits per heavy atom. The number of nitrogens with one attached hydrogen (secondary N) is 2. The molecular formula is C18H26F2N2O4. The van der Waals surface area contributed by atoms with Gasteiger partial charge in [0, 0.05) is 25.6 Å². The van der Waals surface area contributed by atoms with Crippen LogP contribution in [0.25, 0.3) is 0 Å². The molecule has 26 heavy (non-hydrogen) atoms. The average molecular weight is 372 g/mol.